The van der Waals surface area contributed by atoms with Crippen LogP contribution in [0.2, 0.25) is 0 Å². The third kappa shape index (κ3) is 6.64. The SMILES string of the molecule is COc1ccc(CCn2c(N3CCN(C)CC3)nc3cc(NC(=N[C@H]4C[C@H]5C[C@@H]([C@@H]4C)C5(C)C)N4CCN[C@@H](C)C4)ccc3c2=O)c(F)c1. The molecule has 2 aromatic carbocycles. The number of halogens is 1. The molecule has 8 rings (SSSR count). The first-order valence-corrected chi connectivity index (χ1v) is 18.2. The Hall–Kier alpha value is -3.70. The monoisotopic (exact) mass is 672 g/mol. The Morgan fingerprint density at radius 3 is 2.59 bits per heavy atom. The van der Waals surface area contributed by atoms with Crippen molar-refractivity contribution in [2.24, 2.45) is 28.2 Å². The lowest BCUT2D eigenvalue weighted by Gasteiger charge is -2.61. The molecule has 2 N–H and O–H groups in total. The quantitative estimate of drug-likeness (QED) is 0.277. The van der Waals surface area contributed by atoms with E-state index in [1.54, 1.807) is 16.7 Å². The van der Waals surface area contributed by atoms with Gasteiger partial charge in [0.2, 0.25) is 5.95 Å². The first kappa shape index (κ1) is 33.8. The Labute approximate surface area is 289 Å². The molecule has 5 atom stereocenters. The van der Waals surface area contributed by atoms with E-state index in [1.165, 1.54) is 19.6 Å². The summed E-state index contributed by atoms with van der Waals surface area (Å²) in [5.74, 6) is 3.67. The van der Waals surface area contributed by atoms with Crippen molar-refractivity contribution >= 4 is 28.5 Å². The van der Waals surface area contributed by atoms with E-state index >= 15 is 0 Å². The minimum Gasteiger partial charge on any atom is -0.497 e. The van der Waals surface area contributed by atoms with Crippen LogP contribution in [-0.2, 0) is 13.0 Å². The molecule has 3 aliphatic carbocycles. The van der Waals surface area contributed by atoms with Gasteiger partial charge in [0.25, 0.3) is 5.56 Å². The summed E-state index contributed by atoms with van der Waals surface area (Å²) in [5.41, 5.74) is 2.36. The van der Waals surface area contributed by atoms with Crippen LogP contribution in [0.15, 0.2) is 46.2 Å². The van der Waals surface area contributed by atoms with E-state index in [4.69, 9.17) is 14.7 Å². The van der Waals surface area contributed by atoms with Gasteiger partial charge in [0, 0.05) is 70.2 Å². The Balaban J connectivity index is 1.21. The summed E-state index contributed by atoms with van der Waals surface area (Å²) in [4.78, 5) is 31.6. The smallest absolute Gasteiger partial charge is 0.262 e. The maximum absolute atomic E-state index is 14.9. The van der Waals surface area contributed by atoms with Crippen molar-refractivity contribution in [3.8, 4) is 5.75 Å². The van der Waals surface area contributed by atoms with Gasteiger partial charge in [0.1, 0.15) is 11.6 Å². The fourth-order valence-corrected chi connectivity index (χ4v) is 8.72. The zero-order valence-corrected chi connectivity index (χ0v) is 30.0. The van der Waals surface area contributed by atoms with Gasteiger partial charge in [-0.25, -0.2) is 14.4 Å². The van der Waals surface area contributed by atoms with E-state index in [-0.39, 0.29) is 17.4 Å². The third-order valence-electron chi connectivity index (χ3n) is 12.1. The lowest BCUT2D eigenvalue weighted by Crippen LogP contribution is -2.57. The number of rotatable bonds is 7. The summed E-state index contributed by atoms with van der Waals surface area (Å²) in [6, 6.07) is 11.4. The predicted molar refractivity (Wildman–Crippen MR) is 195 cm³/mol. The van der Waals surface area contributed by atoms with Crippen LogP contribution in [-0.4, -0.2) is 97.4 Å². The normalized spacial score (nSPS) is 27.2. The highest BCUT2D eigenvalue weighted by Gasteiger charge is 2.56. The number of methoxy groups -OCH3 is 1. The summed E-state index contributed by atoms with van der Waals surface area (Å²) >= 11 is 0. The number of fused-ring (bicyclic) bond motifs is 3. The largest absolute Gasteiger partial charge is 0.497 e. The molecule has 3 saturated carbocycles. The number of likely N-dealkylation sites (N-methyl/N-ethyl adjacent to an activating group) is 1. The number of hydrogen-bond donors (Lipinski definition) is 2. The minimum absolute atomic E-state index is 0.109. The molecule has 5 fully saturated rings. The number of aliphatic imine (C=N–C) groups is 1. The summed E-state index contributed by atoms with van der Waals surface area (Å²) in [6.07, 6.45) is 2.82. The van der Waals surface area contributed by atoms with Crippen molar-refractivity contribution in [3.05, 3.63) is 58.1 Å². The number of aromatic nitrogens is 2. The Bertz CT molecular complexity index is 1770. The van der Waals surface area contributed by atoms with Crippen molar-refractivity contribution in [1.29, 1.82) is 0 Å². The Morgan fingerprint density at radius 1 is 1.10 bits per heavy atom. The van der Waals surface area contributed by atoms with E-state index in [0.29, 0.717) is 64.4 Å². The number of benzene rings is 2. The second-order valence-electron chi connectivity index (χ2n) is 15.5. The van der Waals surface area contributed by atoms with Crippen molar-refractivity contribution in [3.63, 3.8) is 0 Å². The third-order valence-corrected chi connectivity index (χ3v) is 12.1. The molecule has 11 heteroatoms. The molecule has 10 nitrogen and oxygen atoms in total. The lowest BCUT2D eigenvalue weighted by atomic mass is 9.45. The minimum atomic E-state index is -0.335. The second-order valence-corrected chi connectivity index (χ2v) is 15.5. The fraction of sp³-hybridized carbons (Fsp3) is 0.605. The number of hydrogen-bond acceptors (Lipinski definition) is 7. The highest BCUT2D eigenvalue weighted by atomic mass is 19.1. The van der Waals surface area contributed by atoms with E-state index < -0.39 is 0 Å². The summed E-state index contributed by atoms with van der Waals surface area (Å²) in [5, 5.41) is 7.83. The van der Waals surface area contributed by atoms with Crippen molar-refractivity contribution in [2.75, 3.05) is 70.2 Å². The predicted octanol–water partition coefficient (Wildman–Crippen LogP) is 4.67. The van der Waals surface area contributed by atoms with Gasteiger partial charge in [0.15, 0.2) is 5.96 Å². The van der Waals surface area contributed by atoms with Crippen LogP contribution >= 0.6 is 0 Å². The van der Waals surface area contributed by atoms with Crippen LogP contribution in [0.5, 0.6) is 5.75 Å². The molecular weight excluding hydrogens is 619 g/mol. The Morgan fingerprint density at radius 2 is 1.90 bits per heavy atom. The number of nitrogens with one attached hydrogen (secondary N) is 2. The van der Waals surface area contributed by atoms with Gasteiger partial charge < -0.3 is 30.1 Å². The number of nitrogens with zero attached hydrogens (tertiary/aromatic N) is 6. The summed E-state index contributed by atoms with van der Waals surface area (Å²) in [7, 11) is 3.63. The van der Waals surface area contributed by atoms with Crippen LogP contribution in [0.25, 0.3) is 10.9 Å². The molecule has 1 aromatic heterocycles. The maximum atomic E-state index is 14.9. The molecule has 0 unspecified atom stereocenters. The molecule has 2 aliphatic heterocycles. The highest BCUT2D eigenvalue weighted by Crippen LogP contribution is 2.61. The lowest BCUT2D eigenvalue weighted by molar-refractivity contribution is -0.108. The van der Waals surface area contributed by atoms with Crippen molar-refractivity contribution < 1.29 is 9.13 Å². The summed E-state index contributed by atoms with van der Waals surface area (Å²) < 4.78 is 21.8. The van der Waals surface area contributed by atoms with Crippen LogP contribution in [0, 0.1) is 29.0 Å². The molecule has 3 heterocycles. The van der Waals surface area contributed by atoms with Gasteiger partial charge in [-0.2, -0.15) is 0 Å². The molecule has 0 amide bonds. The molecule has 49 heavy (non-hydrogen) atoms. The first-order valence-electron chi connectivity index (χ1n) is 18.2. The van der Waals surface area contributed by atoms with Gasteiger partial charge >= 0.3 is 0 Å². The van der Waals surface area contributed by atoms with E-state index in [2.05, 4.69) is 60.1 Å². The molecular formula is C38H53FN8O2. The number of guanidine groups is 1. The van der Waals surface area contributed by atoms with Gasteiger partial charge in [-0.15, -0.1) is 0 Å². The molecule has 264 valence electrons. The molecule has 2 saturated heterocycles. The number of aryl methyl sites for hydroxylation is 1. The second kappa shape index (κ2) is 13.5. The zero-order valence-electron chi connectivity index (χ0n) is 30.0. The molecule has 2 bridgehead atoms. The molecule has 0 spiro atoms. The average molecular weight is 673 g/mol. The molecule has 5 aliphatic rings. The van der Waals surface area contributed by atoms with E-state index in [9.17, 15) is 9.18 Å². The van der Waals surface area contributed by atoms with Gasteiger partial charge in [-0.1, -0.05) is 26.8 Å². The van der Waals surface area contributed by atoms with E-state index in [0.717, 1.165) is 69.8 Å². The van der Waals surface area contributed by atoms with Gasteiger partial charge in [-0.05, 0) is 86.2 Å². The highest BCUT2D eigenvalue weighted by molar-refractivity contribution is 5.96. The topological polar surface area (TPSA) is 90.3 Å². The number of piperazine rings is 2. The first-order chi connectivity index (χ1) is 23.5. The van der Waals surface area contributed by atoms with Gasteiger partial charge in [-0.3, -0.25) is 9.36 Å². The van der Waals surface area contributed by atoms with Crippen LogP contribution in [0.4, 0.5) is 16.0 Å². The molecule has 3 aromatic rings. The number of anilines is 2. The maximum Gasteiger partial charge on any atom is 0.262 e. The average Bonchev–Trinajstić information content (AvgIpc) is 3.08. The zero-order chi connectivity index (χ0) is 34.4. The molecule has 0 radical (unpaired) electrons. The standard InChI is InChI=1S/C38H53FN8O2/c1-24-23-46(14-12-40-24)36(42-33-20-27-19-31(25(33)2)38(27,3)4)41-28-8-10-30-34(21-28)43-37(45-17-15-44(5)16-18-45)47(35(30)48)13-11-26-7-9-29(49-6)22-32(26)39/h7-10,21-22,24-25,27,31,33,40H,11-20,23H2,1-6H3,(H,41,42)/t24-,25-,27+,31-,33-/m0/s1. The van der Waals surface area contributed by atoms with E-state index in [1.807, 2.05) is 18.2 Å². The van der Waals surface area contributed by atoms with Gasteiger partial charge in [0.05, 0.1) is 24.1 Å². The van der Waals surface area contributed by atoms with Crippen LogP contribution in [0.1, 0.15) is 46.1 Å². The number of ether oxygens (including phenoxy) is 1. The van der Waals surface area contributed by atoms with Crippen LogP contribution in [0.3, 0.4) is 0 Å². The van der Waals surface area contributed by atoms with Crippen molar-refractivity contribution in [1.82, 2.24) is 24.7 Å². The summed E-state index contributed by atoms with van der Waals surface area (Å²) in [6.45, 7) is 15.8. The Kier molecular flexibility index (Phi) is 9.34. The fourth-order valence-electron chi connectivity index (χ4n) is 8.72. The van der Waals surface area contributed by atoms with Crippen LogP contribution < -0.4 is 25.8 Å². The van der Waals surface area contributed by atoms with Crippen molar-refractivity contribution in [2.45, 2.75) is 65.6 Å².